The fourth-order valence-electron chi connectivity index (χ4n) is 3.87. The molecule has 0 amide bonds. The van der Waals surface area contributed by atoms with Crippen molar-refractivity contribution >= 4 is 11.6 Å². The second-order valence-electron chi connectivity index (χ2n) is 7.01. The van der Waals surface area contributed by atoms with Crippen molar-refractivity contribution in [2.24, 2.45) is 11.8 Å². The van der Waals surface area contributed by atoms with E-state index in [-0.39, 0.29) is 0 Å². The molecule has 1 aromatic heterocycles. The molecule has 4 nitrogen and oxygen atoms in total. The van der Waals surface area contributed by atoms with Crippen LogP contribution in [0, 0.1) is 18.8 Å². The Bertz CT molecular complexity index is 512. The minimum absolute atomic E-state index is 0.351. The van der Waals surface area contributed by atoms with Crippen molar-refractivity contribution in [1.82, 2.24) is 9.97 Å². The van der Waals surface area contributed by atoms with Crippen LogP contribution in [-0.4, -0.2) is 22.6 Å². The van der Waals surface area contributed by atoms with Gasteiger partial charge in [0.05, 0.1) is 0 Å². The first-order valence-corrected chi connectivity index (χ1v) is 8.47. The molecule has 21 heavy (non-hydrogen) atoms. The van der Waals surface area contributed by atoms with Gasteiger partial charge < -0.3 is 10.6 Å². The second-order valence-corrected chi connectivity index (χ2v) is 7.01. The van der Waals surface area contributed by atoms with Crippen LogP contribution in [0.3, 0.4) is 0 Å². The van der Waals surface area contributed by atoms with E-state index >= 15 is 0 Å². The third kappa shape index (κ3) is 2.85. The lowest BCUT2D eigenvalue weighted by atomic mass is 9.95. The minimum Gasteiger partial charge on any atom is -0.370 e. The number of hydrogen-bond acceptors (Lipinski definition) is 4. The van der Waals surface area contributed by atoms with Crippen LogP contribution in [0.25, 0.3) is 0 Å². The predicted molar refractivity (Wildman–Crippen MR) is 87.9 cm³/mol. The number of aromatic nitrogens is 2. The molecule has 1 aromatic rings. The lowest BCUT2D eigenvalue weighted by Crippen LogP contribution is -2.27. The van der Waals surface area contributed by atoms with Crippen LogP contribution in [0.15, 0.2) is 0 Å². The molecule has 0 saturated heterocycles. The summed E-state index contributed by atoms with van der Waals surface area (Å²) in [6, 6.07) is 0.617. The summed E-state index contributed by atoms with van der Waals surface area (Å²) >= 11 is 0. The molecular formula is C17H28N4. The van der Waals surface area contributed by atoms with E-state index < -0.39 is 0 Å². The molecule has 4 heteroatoms. The van der Waals surface area contributed by atoms with E-state index in [4.69, 9.17) is 4.98 Å². The van der Waals surface area contributed by atoms with E-state index in [2.05, 4.69) is 43.3 Å². The van der Waals surface area contributed by atoms with Gasteiger partial charge in [-0.3, -0.25) is 0 Å². The summed E-state index contributed by atoms with van der Waals surface area (Å²) in [5.41, 5.74) is 1.16. The van der Waals surface area contributed by atoms with Gasteiger partial charge in [-0.25, -0.2) is 9.97 Å². The Kier molecular flexibility index (Phi) is 4.05. The normalized spacial score (nSPS) is 27.4. The van der Waals surface area contributed by atoms with Gasteiger partial charge in [0.2, 0.25) is 0 Å². The molecule has 0 radical (unpaired) electrons. The van der Waals surface area contributed by atoms with Gasteiger partial charge >= 0.3 is 0 Å². The Labute approximate surface area is 128 Å². The maximum absolute atomic E-state index is 4.80. The molecule has 0 aliphatic heterocycles. The number of nitrogens with zero attached hydrogens (tertiary/aromatic N) is 2. The van der Waals surface area contributed by atoms with Crippen molar-refractivity contribution in [3.8, 4) is 0 Å². The van der Waals surface area contributed by atoms with Crippen LogP contribution in [0.4, 0.5) is 11.6 Å². The largest absolute Gasteiger partial charge is 0.370 e. The molecule has 3 atom stereocenters. The van der Waals surface area contributed by atoms with Crippen molar-refractivity contribution in [1.29, 1.82) is 0 Å². The van der Waals surface area contributed by atoms with E-state index in [1.54, 1.807) is 0 Å². The third-order valence-corrected chi connectivity index (χ3v) is 5.08. The molecule has 2 fully saturated rings. The Morgan fingerprint density at radius 2 is 1.90 bits per heavy atom. The van der Waals surface area contributed by atoms with E-state index in [0.717, 1.165) is 41.4 Å². The molecule has 2 bridgehead atoms. The van der Waals surface area contributed by atoms with Gasteiger partial charge in [0.1, 0.15) is 17.5 Å². The van der Waals surface area contributed by atoms with Crippen LogP contribution < -0.4 is 10.6 Å². The summed E-state index contributed by atoms with van der Waals surface area (Å²) in [5.74, 6) is 5.12. The van der Waals surface area contributed by atoms with Crippen LogP contribution in [0.5, 0.6) is 0 Å². The minimum atomic E-state index is 0.351. The van der Waals surface area contributed by atoms with Crippen LogP contribution in [0.1, 0.15) is 63.8 Å². The number of anilines is 2. The fraction of sp³-hybridized carbons (Fsp3) is 0.765. The lowest BCUT2D eigenvalue weighted by molar-refractivity contribution is 0.438. The van der Waals surface area contributed by atoms with Gasteiger partial charge in [0.25, 0.3) is 0 Å². The summed E-state index contributed by atoms with van der Waals surface area (Å²) in [4.78, 5) is 9.48. The highest BCUT2D eigenvalue weighted by Gasteiger charge is 2.39. The third-order valence-electron chi connectivity index (χ3n) is 5.08. The maximum Gasteiger partial charge on any atom is 0.135 e. The van der Waals surface area contributed by atoms with Crippen molar-refractivity contribution in [2.75, 3.05) is 17.2 Å². The SMILES string of the molecule is CCNc1nc(C(C)C)nc(NC2CC3CCC2C3)c1C. The van der Waals surface area contributed by atoms with Gasteiger partial charge in [-0.2, -0.15) is 0 Å². The Morgan fingerprint density at radius 3 is 2.48 bits per heavy atom. The standard InChI is InChI=1S/C17H28N4/c1-5-18-16-11(4)17(21-15(20-16)10(2)3)19-14-9-12-6-7-13(14)8-12/h10,12-14H,5-9H2,1-4H3,(H2,18,19,20,21). The smallest absolute Gasteiger partial charge is 0.135 e. The summed E-state index contributed by atoms with van der Waals surface area (Å²) in [6.07, 6.45) is 5.57. The van der Waals surface area contributed by atoms with Crippen molar-refractivity contribution in [3.63, 3.8) is 0 Å². The van der Waals surface area contributed by atoms with Gasteiger partial charge in [-0.1, -0.05) is 20.3 Å². The predicted octanol–water partition coefficient (Wildman–Crippen LogP) is 3.94. The van der Waals surface area contributed by atoms with E-state index in [9.17, 15) is 0 Å². The highest BCUT2D eigenvalue weighted by molar-refractivity contribution is 5.58. The van der Waals surface area contributed by atoms with Crippen LogP contribution >= 0.6 is 0 Å². The summed E-state index contributed by atoms with van der Waals surface area (Å²) in [6.45, 7) is 9.43. The van der Waals surface area contributed by atoms with Gasteiger partial charge in [0, 0.05) is 24.1 Å². The zero-order chi connectivity index (χ0) is 15.0. The number of nitrogens with one attached hydrogen (secondary N) is 2. The van der Waals surface area contributed by atoms with Crippen molar-refractivity contribution in [2.45, 2.75) is 65.3 Å². The maximum atomic E-state index is 4.80. The molecule has 0 spiro atoms. The molecule has 1 heterocycles. The Balaban J connectivity index is 1.85. The number of fused-ring (bicyclic) bond motifs is 2. The van der Waals surface area contributed by atoms with E-state index in [0.29, 0.717) is 12.0 Å². The summed E-state index contributed by atoms with van der Waals surface area (Å²) in [7, 11) is 0. The highest BCUT2D eigenvalue weighted by atomic mass is 15.1. The van der Waals surface area contributed by atoms with Gasteiger partial charge in [0.15, 0.2) is 0 Å². The van der Waals surface area contributed by atoms with Gasteiger partial charge in [-0.05, 0) is 44.9 Å². The molecule has 3 rings (SSSR count). The van der Waals surface area contributed by atoms with Gasteiger partial charge in [-0.15, -0.1) is 0 Å². The lowest BCUT2D eigenvalue weighted by Gasteiger charge is -2.25. The average Bonchev–Trinajstić information content (AvgIpc) is 3.05. The molecular weight excluding hydrogens is 260 g/mol. The summed E-state index contributed by atoms with van der Waals surface area (Å²) < 4.78 is 0. The fourth-order valence-corrected chi connectivity index (χ4v) is 3.87. The number of rotatable bonds is 5. The van der Waals surface area contributed by atoms with E-state index in [1.165, 1.54) is 25.7 Å². The number of hydrogen-bond donors (Lipinski definition) is 2. The van der Waals surface area contributed by atoms with Crippen LogP contribution in [-0.2, 0) is 0 Å². The Hall–Kier alpha value is -1.32. The first kappa shape index (κ1) is 14.6. The first-order chi connectivity index (χ1) is 10.1. The topological polar surface area (TPSA) is 49.8 Å². The van der Waals surface area contributed by atoms with E-state index in [1.807, 2.05) is 0 Å². The Morgan fingerprint density at radius 1 is 1.14 bits per heavy atom. The highest BCUT2D eigenvalue weighted by Crippen LogP contribution is 2.45. The second kappa shape index (κ2) is 5.82. The molecule has 116 valence electrons. The van der Waals surface area contributed by atoms with Crippen molar-refractivity contribution in [3.05, 3.63) is 11.4 Å². The molecule has 2 saturated carbocycles. The molecule has 2 aliphatic rings. The molecule has 3 unspecified atom stereocenters. The zero-order valence-electron chi connectivity index (χ0n) is 13.7. The molecule has 2 aliphatic carbocycles. The average molecular weight is 288 g/mol. The van der Waals surface area contributed by atoms with Crippen molar-refractivity contribution < 1.29 is 0 Å². The quantitative estimate of drug-likeness (QED) is 0.861. The monoisotopic (exact) mass is 288 g/mol. The molecule has 2 N–H and O–H groups in total. The zero-order valence-corrected chi connectivity index (χ0v) is 13.7. The molecule has 0 aromatic carbocycles. The summed E-state index contributed by atoms with van der Waals surface area (Å²) in [5, 5.41) is 7.12. The van der Waals surface area contributed by atoms with Crippen LogP contribution in [0.2, 0.25) is 0 Å². The first-order valence-electron chi connectivity index (χ1n) is 8.47.